The normalized spacial score (nSPS) is 30.3. The summed E-state index contributed by atoms with van der Waals surface area (Å²) in [4.78, 5) is 24.9. The van der Waals surface area contributed by atoms with E-state index in [1.807, 2.05) is 6.92 Å². The third kappa shape index (κ3) is 2.41. The van der Waals surface area contributed by atoms with Crippen LogP contribution in [0.15, 0.2) is 0 Å². The number of rotatable bonds is 2. The molecular formula is C11H19NO3Se. The fourth-order valence-electron chi connectivity index (χ4n) is 1.94. The Morgan fingerprint density at radius 1 is 1.44 bits per heavy atom. The van der Waals surface area contributed by atoms with Crippen LogP contribution in [0, 0.1) is 5.41 Å². The number of methoxy groups -OCH3 is 1. The second kappa shape index (κ2) is 4.76. The van der Waals surface area contributed by atoms with E-state index in [-0.39, 0.29) is 36.1 Å². The van der Waals surface area contributed by atoms with Gasteiger partial charge in [-0.1, -0.05) is 0 Å². The van der Waals surface area contributed by atoms with Crippen molar-refractivity contribution < 1.29 is 14.3 Å². The second-order valence-corrected chi connectivity index (χ2v) is 8.15. The molecule has 1 heterocycles. The van der Waals surface area contributed by atoms with Crippen molar-refractivity contribution in [2.75, 3.05) is 7.11 Å². The number of ether oxygens (including phenoxy) is 1. The molecule has 0 aromatic rings. The molecule has 1 rings (SSSR count). The van der Waals surface area contributed by atoms with Gasteiger partial charge in [-0.2, -0.15) is 0 Å². The van der Waals surface area contributed by atoms with E-state index < -0.39 is 6.04 Å². The number of hydrogen-bond acceptors (Lipinski definition) is 3. The Balaban J connectivity index is 2.97. The monoisotopic (exact) mass is 293 g/mol. The summed E-state index contributed by atoms with van der Waals surface area (Å²) in [6, 6.07) is -0.397. The first-order chi connectivity index (χ1) is 7.32. The molecule has 0 unspecified atom stereocenters. The molecule has 1 fully saturated rings. The first-order valence-corrected chi connectivity index (χ1v) is 7.26. The summed E-state index contributed by atoms with van der Waals surface area (Å²) >= 11 is 0.248. The van der Waals surface area contributed by atoms with Gasteiger partial charge in [0.25, 0.3) is 0 Å². The van der Waals surface area contributed by atoms with E-state index in [0.29, 0.717) is 0 Å². The number of carbonyl (C=O) groups excluding carboxylic acids is 2. The van der Waals surface area contributed by atoms with Gasteiger partial charge in [-0.05, 0) is 0 Å². The Hall–Kier alpha value is -0.541. The molecule has 1 amide bonds. The standard InChI is InChI=1S/C11H19NO3Se/c1-7-8(9(14)15-5)12(6-13)10(16-7)11(2,3)4/h6-8,10H,1-5H3/t7-,8+,10-/m1/s1. The van der Waals surface area contributed by atoms with Crippen LogP contribution in [-0.4, -0.2) is 50.3 Å². The maximum atomic E-state index is 11.7. The van der Waals surface area contributed by atoms with Gasteiger partial charge in [-0.3, -0.25) is 0 Å². The summed E-state index contributed by atoms with van der Waals surface area (Å²) < 4.78 is 4.77. The number of nitrogens with zero attached hydrogens (tertiary/aromatic N) is 1. The molecule has 0 N–H and O–H groups in total. The van der Waals surface area contributed by atoms with Gasteiger partial charge in [0.1, 0.15) is 0 Å². The third-order valence-corrected chi connectivity index (χ3v) is 6.66. The van der Waals surface area contributed by atoms with Crippen molar-refractivity contribution in [3.63, 3.8) is 0 Å². The van der Waals surface area contributed by atoms with E-state index in [1.54, 1.807) is 4.90 Å². The molecule has 4 nitrogen and oxygen atoms in total. The Morgan fingerprint density at radius 3 is 2.38 bits per heavy atom. The fourth-order valence-corrected chi connectivity index (χ4v) is 5.17. The summed E-state index contributed by atoms with van der Waals surface area (Å²) in [6.45, 7) is 8.32. The van der Waals surface area contributed by atoms with Crippen LogP contribution >= 0.6 is 0 Å². The zero-order valence-electron chi connectivity index (χ0n) is 10.4. The van der Waals surface area contributed by atoms with Gasteiger partial charge in [0, 0.05) is 0 Å². The molecule has 1 aliphatic rings. The van der Waals surface area contributed by atoms with Crippen molar-refractivity contribution in [1.29, 1.82) is 0 Å². The van der Waals surface area contributed by atoms with Gasteiger partial charge in [-0.15, -0.1) is 0 Å². The summed E-state index contributed by atoms with van der Waals surface area (Å²) in [5.41, 5.74) is 0.0118. The van der Waals surface area contributed by atoms with Gasteiger partial charge >= 0.3 is 103 Å². The van der Waals surface area contributed by atoms with E-state index in [1.165, 1.54) is 7.11 Å². The third-order valence-electron chi connectivity index (χ3n) is 2.69. The SMILES string of the molecule is COC(=O)[C@@H]1[C@@H](C)[Se][C@H](C(C)(C)C)N1C=O. The van der Waals surface area contributed by atoms with Gasteiger partial charge in [-0.25, -0.2) is 0 Å². The summed E-state index contributed by atoms with van der Waals surface area (Å²) in [7, 11) is 1.37. The zero-order chi connectivity index (χ0) is 12.5. The molecule has 1 saturated heterocycles. The molecule has 1 aliphatic heterocycles. The molecule has 0 aliphatic carbocycles. The molecule has 3 atom stereocenters. The van der Waals surface area contributed by atoms with Gasteiger partial charge in [0.15, 0.2) is 0 Å². The van der Waals surface area contributed by atoms with Gasteiger partial charge in [0.05, 0.1) is 0 Å². The van der Waals surface area contributed by atoms with Crippen LogP contribution in [0.5, 0.6) is 0 Å². The van der Waals surface area contributed by atoms with E-state index in [9.17, 15) is 9.59 Å². The molecule has 16 heavy (non-hydrogen) atoms. The molecule has 0 spiro atoms. The summed E-state index contributed by atoms with van der Waals surface area (Å²) in [6.07, 6.45) is 0.794. The minimum atomic E-state index is -0.397. The van der Waals surface area contributed by atoms with Crippen LogP contribution < -0.4 is 0 Å². The molecular weight excluding hydrogens is 273 g/mol. The Bertz CT molecular complexity index is 287. The van der Waals surface area contributed by atoms with Gasteiger partial charge < -0.3 is 0 Å². The van der Waals surface area contributed by atoms with E-state index >= 15 is 0 Å². The fraction of sp³-hybridized carbons (Fsp3) is 0.818. The molecule has 0 aromatic heterocycles. The molecule has 92 valence electrons. The van der Waals surface area contributed by atoms with Crippen LogP contribution in [0.2, 0.25) is 4.82 Å². The first kappa shape index (κ1) is 13.5. The zero-order valence-corrected chi connectivity index (χ0v) is 12.1. The van der Waals surface area contributed by atoms with Crippen LogP contribution in [0.3, 0.4) is 0 Å². The Morgan fingerprint density at radius 2 is 2.00 bits per heavy atom. The number of esters is 1. The number of hydrogen-bond donors (Lipinski definition) is 0. The second-order valence-electron chi connectivity index (χ2n) is 5.08. The van der Waals surface area contributed by atoms with Gasteiger partial charge in [0.2, 0.25) is 0 Å². The van der Waals surface area contributed by atoms with E-state index in [0.717, 1.165) is 6.41 Å². The number of amides is 1. The van der Waals surface area contributed by atoms with Crippen molar-refractivity contribution in [2.24, 2.45) is 5.41 Å². The first-order valence-electron chi connectivity index (χ1n) is 5.29. The predicted molar refractivity (Wildman–Crippen MR) is 62.1 cm³/mol. The van der Waals surface area contributed by atoms with Crippen molar-refractivity contribution in [1.82, 2.24) is 4.90 Å². The van der Waals surface area contributed by atoms with Crippen molar-refractivity contribution in [3.8, 4) is 0 Å². The maximum absolute atomic E-state index is 11.7. The number of carbonyl (C=O) groups is 2. The Kier molecular flexibility index (Phi) is 4.02. The van der Waals surface area contributed by atoms with E-state index in [2.05, 4.69) is 20.8 Å². The van der Waals surface area contributed by atoms with Crippen molar-refractivity contribution >= 4 is 27.3 Å². The summed E-state index contributed by atoms with van der Waals surface area (Å²) in [5.74, 6) is -0.298. The average Bonchev–Trinajstić information content (AvgIpc) is 2.53. The van der Waals surface area contributed by atoms with E-state index in [4.69, 9.17) is 4.74 Å². The molecule has 0 bridgehead atoms. The average molecular weight is 292 g/mol. The molecule has 5 heteroatoms. The molecule has 0 radical (unpaired) electrons. The van der Waals surface area contributed by atoms with Crippen LogP contribution in [-0.2, 0) is 14.3 Å². The quantitative estimate of drug-likeness (QED) is 0.431. The predicted octanol–water partition coefficient (Wildman–Crippen LogP) is 0.885. The van der Waals surface area contributed by atoms with Crippen molar-refractivity contribution in [2.45, 2.75) is 43.5 Å². The topological polar surface area (TPSA) is 46.6 Å². The molecule has 0 saturated carbocycles. The van der Waals surface area contributed by atoms with Crippen molar-refractivity contribution in [3.05, 3.63) is 0 Å². The van der Waals surface area contributed by atoms with Crippen LogP contribution in [0.4, 0.5) is 0 Å². The van der Waals surface area contributed by atoms with Crippen LogP contribution in [0.25, 0.3) is 0 Å². The summed E-state index contributed by atoms with van der Waals surface area (Å²) in [5, 5.41) is 0. The molecule has 0 aromatic carbocycles. The van der Waals surface area contributed by atoms with Crippen LogP contribution in [0.1, 0.15) is 27.7 Å². The minimum absolute atomic E-state index is 0.0118. The Labute approximate surface area is 103 Å².